The molecule has 1 aliphatic carbocycles. The minimum Gasteiger partial charge on any atom is -0.462 e. The first-order valence-electron chi connectivity index (χ1n) is 9.99. The van der Waals surface area contributed by atoms with Crippen LogP contribution < -0.4 is 4.90 Å². The number of piperidine rings is 1. The molecule has 5 nitrogen and oxygen atoms in total. The average molecular weight is 365 g/mol. The highest BCUT2D eigenvalue weighted by molar-refractivity contribution is 5.73. The van der Waals surface area contributed by atoms with Crippen LogP contribution >= 0.6 is 0 Å². The van der Waals surface area contributed by atoms with Crippen LogP contribution in [-0.4, -0.2) is 35.1 Å². The maximum atomic E-state index is 12.8. The normalized spacial score (nSPS) is 23.4. The molecule has 4 rings (SSSR count). The molecule has 1 saturated carbocycles. The number of esters is 1. The maximum Gasteiger partial charge on any atom is 0.309 e. The van der Waals surface area contributed by atoms with Crippen LogP contribution in [0.25, 0.3) is 0 Å². The summed E-state index contributed by atoms with van der Waals surface area (Å²) < 4.78 is 6.00. The Hall–Kier alpha value is -2.43. The zero-order valence-electron chi connectivity index (χ0n) is 15.9. The Kier molecular flexibility index (Phi) is 5.37. The van der Waals surface area contributed by atoms with Gasteiger partial charge in [0, 0.05) is 31.4 Å². The van der Waals surface area contributed by atoms with Crippen LogP contribution in [0, 0.1) is 12.8 Å². The van der Waals surface area contributed by atoms with E-state index in [1.54, 1.807) is 18.6 Å². The minimum absolute atomic E-state index is 0.00260. The van der Waals surface area contributed by atoms with E-state index in [1.807, 2.05) is 0 Å². The first kappa shape index (κ1) is 18.0. The van der Waals surface area contributed by atoms with Crippen molar-refractivity contribution in [3.05, 3.63) is 54.0 Å². The Morgan fingerprint density at radius 2 is 1.85 bits per heavy atom. The first-order chi connectivity index (χ1) is 13.2. The lowest BCUT2D eigenvalue weighted by Gasteiger charge is -2.32. The van der Waals surface area contributed by atoms with Gasteiger partial charge in [0.15, 0.2) is 0 Å². The van der Waals surface area contributed by atoms with E-state index in [4.69, 9.17) is 4.74 Å². The van der Waals surface area contributed by atoms with Gasteiger partial charge in [-0.1, -0.05) is 29.8 Å². The van der Waals surface area contributed by atoms with Gasteiger partial charge in [0.1, 0.15) is 11.9 Å². The molecule has 1 saturated heterocycles. The third kappa shape index (κ3) is 4.12. The molecular formula is C22H27N3O2. The monoisotopic (exact) mass is 365 g/mol. The van der Waals surface area contributed by atoms with Crippen LogP contribution in [0.3, 0.4) is 0 Å². The Morgan fingerprint density at radius 3 is 2.56 bits per heavy atom. The molecule has 0 spiro atoms. The van der Waals surface area contributed by atoms with Gasteiger partial charge in [0.2, 0.25) is 0 Å². The number of nitrogens with zero attached hydrogens (tertiary/aromatic N) is 3. The summed E-state index contributed by atoms with van der Waals surface area (Å²) in [6.07, 6.45) is 10.0. The standard InChI is InChI=1S/C22H27N3O2/c1-16-5-7-17(8-6-16)19-3-2-4-20(19)27-22(26)18-9-13-25(14-10-18)21-15-23-11-12-24-21/h5-8,11-12,15,18-20H,2-4,9-10,13-14H2,1H3. The molecule has 2 aromatic rings. The number of hydrogen-bond acceptors (Lipinski definition) is 5. The SMILES string of the molecule is Cc1ccc(C2CCCC2OC(=O)C2CCN(c3cnccn3)CC2)cc1. The molecule has 27 heavy (non-hydrogen) atoms. The summed E-state index contributed by atoms with van der Waals surface area (Å²) in [6, 6.07) is 8.67. The Bertz CT molecular complexity index is 755. The second-order valence-electron chi connectivity index (χ2n) is 7.75. The highest BCUT2D eigenvalue weighted by Gasteiger charge is 2.34. The molecule has 2 atom stereocenters. The summed E-state index contributed by atoms with van der Waals surface area (Å²) in [7, 11) is 0. The molecule has 1 aromatic heterocycles. The van der Waals surface area contributed by atoms with Crippen molar-refractivity contribution in [1.29, 1.82) is 0 Å². The van der Waals surface area contributed by atoms with Crippen LogP contribution in [0.2, 0.25) is 0 Å². The van der Waals surface area contributed by atoms with Crippen molar-refractivity contribution >= 4 is 11.8 Å². The van der Waals surface area contributed by atoms with E-state index in [0.29, 0.717) is 5.92 Å². The summed E-state index contributed by atoms with van der Waals surface area (Å²) in [4.78, 5) is 23.4. The predicted molar refractivity (Wildman–Crippen MR) is 105 cm³/mol. The number of aryl methyl sites for hydroxylation is 1. The number of aromatic nitrogens is 2. The molecule has 2 aliphatic rings. The van der Waals surface area contributed by atoms with Gasteiger partial charge in [0.25, 0.3) is 0 Å². The fourth-order valence-electron chi connectivity index (χ4n) is 4.31. The van der Waals surface area contributed by atoms with Crippen LogP contribution in [0.4, 0.5) is 5.82 Å². The average Bonchev–Trinajstić information content (AvgIpc) is 3.17. The summed E-state index contributed by atoms with van der Waals surface area (Å²) >= 11 is 0. The molecule has 1 aromatic carbocycles. The number of carbonyl (C=O) groups excluding carboxylic acids is 1. The fourth-order valence-corrected chi connectivity index (χ4v) is 4.31. The largest absolute Gasteiger partial charge is 0.462 e. The molecule has 0 amide bonds. The zero-order valence-corrected chi connectivity index (χ0v) is 15.9. The van der Waals surface area contributed by atoms with Gasteiger partial charge in [0.05, 0.1) is 12.1 Å². The van der Waals surface area contributed by atoms with Gasteiger partial charge < -0.3 is 9.64 Å². The van der Waals surface area contributed by atoms with E-state index in [1.165, 1.54) is 11.1 Å². The van der Waals surface area contributed by atoms with Crippen molar-refractivity contribution in [2.45, 2.75) is 51.0 Å². The van der Waals surface area contributed by atoms with Crippen molar-refractivity contribution in [3.8, 4) is 0 Å². The molecule has 2 fully saturated rings. The molecule has 0 bridgehead atoms. The molecule has 0 N–H and O–H groups in total. The summed E-state index contributed by atoms with van der Waals surface area (Å²) in [5, 5.41) is 0. The number of ether oxygens (including phenoxy) is 1. The van der Waals surface area contributed by atoms with Crippen LogP contribution in [0.1, 0.15) is 49.1 Å². The number of hydrogen-bond donors (Lipinski definition) is 0. The third-order valence-electron chi connectivity index (χ3n) is 5.93. The smallest absolute Gasteiger partial charge is 0.309 e. The highest BCUT2D eigenvalue weighted by atomic mass is 16.5. The van der Waals surface area contributed by atoms with Crippen molar-refractivity contribution in [3.63, 3.8) is 0 Å². The van der Waals surface area contributed by atoms with Crippen molar-refractivity contribution in [2.75, 3.05) is 18.0 Å². The van der Waals surface area contributed by atoms with Gasteiger partial charge in [-0.05, 0) is 44.6 Å². The maximum absolute atomic E-state index is 12.8. The number of rotatable bonds is 4. The minimum atomic E-state index is -0.0159. The van der Waals surface area contributed by atoms with E-state index in [0.717, 1.165) is 51.0 Å². The molecule has 1 aliphatic heterocycles. The van der Waals surface area contributed by atoms with Crippen LogP contribution in [0.5, 0.6) is 0 Å². The molecule has 2 heterocycles. The van der Waals surface area contributed by atoms with Gasteiger partial charge in [-0.25, -0.2) is 4.98 Å². The van der Waals surface area contributed by atoms with Crippen LogP contribution in [-0.2, 0) is 9.53 Å². The van der Waals surface area contributed by atoms with E-state index in [-0.39, 0.29) is 18.0 Å². The van der Waals surface area contributed by atoms with E-state index < -0.39 is 0 Å². The second kappa shape index (κ2) is 8.07. The van der Waals surface area contributed by atoms with Gasteiger partial charge in [-0.2, -0.15) is 0 Å². The van der Waals surface area contributed by atoms with Crippen LogP contribution in [0.15, 0.2) is 42.9 Å². The zero-order chi connectivity index (χ0) is 18.6. The van der Waals surface area contributed by atoms with Gasteiger partial charge in [-0.15, -0.1) is 0 Å². The van der Waals surface area contributed by atoms with Crippen molar-refractivity contribution in [1.82, 2.24) is 9.97 Å². The number of anilines is 1. The number of carbonyl (C=O) groups is 1. The Balaban J connectivity index is 1.33. The summed E-state index contributed by atoms with van der Waals surface area (Å²) in [6.45, 7) is 3.75. The topological polar surface area (TPSA) is 55.3 Å². The second-order valence-corrected chi connectivity index (χ2v) is 7.75. The van der Waals surface area contributed by atoms with Crippen molar-refractivity contribution < 1.29 is 9.53 Å². The third-order valence-corrected chi connectivity index (χ3v) is 5.93. The fraction of sp³-hybridized carbons (Fsp3) is 0.500. The highest BCUT2D eigenvalue weighted by Crippen LogP contribution is 2.37. The summed E-state index contributed by atoms with van der Waals surface area (Å²) in [5.74, 6) is 1.21. The molecule has 5 heteroatoms. The lowest BCUT2D eigenvalue weighted by molar-refractivity contribution is -0.155. The van der Waals surface area contributed by atoms with Gasteiger partial charge >= 0.3 is 5.97 Å². The van der Waals surface area contributed by atoms with Gasteiger partial charge in [-0.3, -0.25) is 9.78 Å². The molecule has 0 radical (unpaired) electrons. The molecule has 142 valence electrons. The summed E-state index contributed by atoms with van der Waals surface area (Å²) in [5.41, 5.74) is 2.56. The molecule has 2 unspecified atom stereocenters. The first-order valence-corrected chi connectivity index (χ1v) is 9.99. The number of benzene rings is 1. The predicted octanol–water partition coefficient (Wildman–Crippen LogP) is 3.88. The quantitative estimate of drug-likeness (QED) is 0.770. The lowest BCUT2D eigenvalue weighted by atomic mass is 9.94. The Morgan fingerprint density at radius 1 is 1.07 bits per heavy atom. The van der Waals surface area contributed by atoms with Crippen molar-refractivity contribution in [2.24, 2.45) is 5.92 Å². The van der Waals surface area contributed by atoms with E-state index >= 15 is 0 Å². The Labute approximate surface area is 160 Å². The van der Waals surface area contributed by atoms with E-state index in [9.17, 15) is 4.79 Å². The molecular weight excluding hydrogens is 338 g/mol. The lowest BCUT2D eigenvalue weighted by Crippen LogP contribution is -2.38. The van der Waals surface area contributed by atoms with E-state index in [2.05, 4.69) is 46.1 Å².